The van der Waals surface area contributed by atoms with Gasteiger partial charge >= 0.3 is 0 Å². The fraction of sp³-hybridized carbons (Fsp3) is 0. The molecule has 0 radical (unpaired) electrons. The summed E-state index contributed by atoms with van der Waals surface area (Å²) in [5.74, 6) is 0. The van der Waals surface area contributed by atoms with Crippen LogP contribution in [0.2, 0.25) is 5.02 Å². The van der Waals surface area contributed by atoms with Crippen LogP contribution in [-0.2, 0) is 0 Å². The number of fused-ring (bicyclic) bond motifs is 2. The molecule has 3 rings (SSSR count). The lowest BCUT2D eigenvalue weighted by Gasteiger charge is -2.04. The van der Waals surface area contributed by atoms with E-state index in [1.54, 1.807) is 12.1 Å². The van der Waals surface area contributed by atoms with E-state index in [-0.39, 0.29) is 0 Å². The van der Waals surface area contributed by atoms with Gasteiger partial charge in [0.25, 0.3) is 0 Å². The summed E-state index contributed by atoms with van der Waals surface area (Å²) in [6.45, 7) is 0. The average molecular weight is 239 g/mol. The van der Waals surface area contributed by atoms with E-state index in [2.05, 4.69) is 11.1 Å². The smallest absolute Gasteiger partial charge is 0.101 e. The fourth-order valence-corrected chi connectivity index (χ4v) is 2.16. The fourth-order valence-electron chi connectivity index (χ4n) is 1.98. The number of nitrogens with zero attached hydrogens (tertiary/aromatic N) is 2. The molecule has 0 N–H and O–H groups in total. The number of halogens is 1. The molecule has 0 atom stereocenters. The zero-order valence-corrected chi connectivity index (χ0v) is 9.57. The molecular weight excluding hydrogens is 232 g/mol. The number of hydrogen-bond donors (Lipinski definition) is 0. The summed E-state index contributed by atoms with van der Waals surface area (Å²) in [6, 6.07) is 15.3. The molecule has 3 heteroatoms. The van der Waals surface area contributed by atoms with Gasteiger partial charge in [-0.25, -0.2) is 4.98 Å². The molecular formula is C14H7ClN2. The molecule has 0 aliphatic rings. The van der Waals surface area contributed by atoms with Gasteiger partial charge in [0.15, 0.2) is 0 Å². The van der Waals surface area contributed by atoms with Crippen molar-refractivity contribution >= 4 is 33.4 Å². The van der Waals surface area contributed by atoms with Crippen LogP contribution in [0.1, 0.15) is 5.56 Å². The molecule has 2 aromatic carbocycles. The number of para-hydroxylation sites is 1. The monoisotopic (exact) mass is 238 g/mol. The van der Waals surface area contributed by atoms with Crippen LogP contribution >= 0.6 is 11.6 Å². The van der Waals surface area contributed by atoms with Crippen molar-refractivity contribution in [2.24, 2.45) is 0 Å². The maximum absolute atomic E-state index is 9.30. The highest BCUT2D eigenvalue weighted by Gasteiger charge is 2.08. The summed E-state index contributed by atoms with van der Waals surface area (Å²) >= 11 is 5.96. The van der Waals surface area contributed by atoms with Gasteiger partial charge in [0.2, 0.25) is 0 Å². The van der Waals surface area contributed by atoms with Crippen molar-refractivity contribution < 1.29 is 0 Å². The zero-order valence-electron chi connectivity index (χ0n) is 8.81. The molecule has 0 saturated heterocycles. The van der Waals surface area contributed by atoms with Gasteiger partial charge in [-0.1, -0.05) is 29.8 Å². The van der Waals surface area contributed by atoms with E-state index in [4.69, 9.17) is 11.6 Å². The predicted molar refractivity (Wildman–Crippen MR) is 69.0 cm³/mol. The number of rotatable bonds is 0. The second-order valence-corrected chi connectivity index (χ2v) is 4.21. The van der Waals surface area contributed by atoms with Crippen LogP contribution in [0.15, 0.2) is 42.5 Å². The summed E-state index contributed by atoms with van der Waals surface area (Å²) in [4.78, 5) is 4.52. The summed E-state index contributed by atoms with van der Waals surface area (Å²) in [5, 5.41) is 11.6. The Bertz CT molecular complexity index is 772. The molecule has 0 amide bonds. The third kappa shape index (κ3) is 1.52. The topological polar surface area (TPSA) is 36.7 Å². The molecule has 3 aromatic rings. The number of benzene rings is 2. The maximum atomic E-state index is 9.30. The second-order valence-electron chi connectivity index (χ2n) is 3.78. The van der Waals surface area contributed by atoms with Crippen LogP contribution in [0.3, 0.4) is 0 Å². The molecule has 0 saturated carbocycles. The Labute approximate surface area is 103 Å². The van der Waals surface area contributed by atoms with Crippen molar-refractivity contribution in [3.8, 4) is 6.07 Å². The van der Waals surface area contributed by atoms with Crippen molar-refractivity contribution in [1.29, 1.82) is 5.26 Å². The van der Waals surface area contributed by atoms with Crippen LogP contribution in [-0.4, -0.2) is 4.98 Å². The normalized spacial score (nSPS) is 10.6. The van der Waals surface area contributed by atoms with Gasteiger partial charge in [0, 0.05) is 15.8 Å². The van der Waals surface area contributed by atoms with Gasteiger partial charge in [-0.2, -0.15) is 5.26 Å². The third-order valence-electron chi connectivity index (χ3n) is 2.75. The van der Waals surface area contributed by atoms with Crippen molar-refractivity contribution in [3.05, 3.63) is 53.1 Å². The third-order valence-corrected chi connectivity index (χ3v) is 2.99. The maximum Gasteiger partial charge on any atom is 0.101 e. The number of pyridine rings is 1. The molecule has 0 fully saturated rings. The SMILES string of the molecule is N#Cc1c2ccccc2nc2ccc(Cl)cc12. The Balaban J connectivity index is 2.60. The Morgan fingerprint density at radius 2 is 1.76 bits per heavy atom. The summed E-state index contributed by atoms with van der Waals surface area (Å²) in [6.07, 6.45) is 0. The van der Waals surface area contributed by atoms with Crippen LogP contribution in [0.5, 0.6) is 0 Å². The van der Waals surface area contributed by atoms with Gasteiger partial charge in [0.05, 0.1) is 16.6 Å². The van der Waals surface area contributed by atoms with Crippen molar-refractivity contribution in [2.45, 2.75) is 0 Å². The minimum atomic E-state index is 0.617. The van der Waals surface area contributed by atoms with E-state index >= 15 is 0 Å². The predicted octanol–water partition coefficient (Wildman–Crippen LogP) is 3.91. The van der Waals surface area contributed by atoms with E-state index in [0.717, 1.165) is 21.8 Å². The van der Waals surface area contributed by atoms with Gasteiger partial charge in [-0.05, 0) is 24.3 Å². The molecule has 0 bridgehead atoms. The Kier molecular flexibility index (Phi) is 2.21. The highest BCUT2D eigenvalue weighted by molar-refractivity contribution is 6.31. The molecule has 0 aliphatic heterocycles. The summed E-state index contributed by atoms with van der Waals surface area (Å²) < 4.78 is 0. The van der Waals surface area contributed by atoms with Crippen LogP contribution in [0.25, 0.3) is 21.8 Å². The van der Waals surface area contributed by atoms with Crippen LogP contribution in [0.4, 0.5) is 0 Å². The number of nitriles is 1. The van der Waals surface area contributed by atoms with E-state index in [9.17, 15) is 5.26 Å². The van der Waals surface area contributed by atoms with Gasteiger partial charge in [0.1, 0.15) is 6.07 Å². The van der Waals surface area contributed by atoms with E-state index in [0.29, 0.717) is 10.6 Å². The second kappa shape index (κ2) is 3.73. The Morgan fingerprint density at radius 3 is 2.59 bits per heavy atom. The van der Waals surface area contributed by atoms with Gasteiger partial charge in [-0.3, -0.25) is 0 Å². The number of hydrogen-bond acceptors (Lipinski definition) is 2. The summed E-state index contributed by atoms with van der Waals surface area (Å²) in [7, 11) is 0. The quantitative estimate of drug-likeness (QED) is 0.557. The minimum absolute atomic E-state index is 0.617. The summed E-state index contributed by atoms with van der Waals surface area (Å²) in [5.41, 5.74) is 2.26. The molecule has 1 heterocycles. The lowest BCUT2D eigenvalue weighted by atomic mass is 10.0. The lowest BCUT2D eigenvalue weighted by molar-refractivity contribution is 1.47. The first-order valence-corrected chi connectivity index (χ1v) is 5.55. The van der Waals surface area contributed by atoms with Crippen LogP contribution in [0, 0.1) is 11.3 Å². The zero-order chi connectivity index (χ0) is 11.8. The standard InChI is InChI=1S/C14H7ClN2/c15-9-5-6-14-11(7-9)12(8-16)10-3-1-2-4-13(10)17-14/h1-7H. The van der Waals surface area contributed by atoms with Gasteiger partial charge < -0.3 is 0 Å². The minimum Gasteiger partial charge on any atom is -0.248 e. The van der Waals surface area contributed by atoms with Crippen molar-refractivity contribution in [2.75, 3.05) is 0 Å². The van der Waals surface area contributed by atoms with E-state index in [1.807, 2.05) is 30.3 Å². The Morgan fingerprint density at radius 1 is 1.00 bits per heavy atom. The molecule has 0 aliphatic carbocycles. The van der Waals surface area contributed by atoms with E-state index < -0.39 is 0 Å². The molecule has 80 valence electrons. The first kappa shape index (κ1) is 10.1. The number of aromatic nitrogens is 1. The molecule has 2 nitrogen and oxygen atoms in total. The largest absolute Gasteiger partial charge is 0.248 e. The first-order chi connectivity index (χ1) is 8.29. The molecule has 17 heavy (non-hydrogen) atoms. The van der Waals surface area contributed by atoms with Crippen molar-refractivity contribution in [1.82, 2.24) is 4.98 Å². The first-order valence-electron chi connectivity index (χ1n) is 5.18. The molecule has 1 aromatic heterocycles. The lowest BCUT2D eigenvalue weighted by Crippen LogP contribution is -1.88. The Hall–Kier alpha value is -2.11. The highest BCUT2D eigenvalue weighted by atomic mass is 35.5. The van der Waals surface area contributed by atoms with Crippen molar-refractivity contribution in [3.63, 3.8) is 0 Å². The van der Waals surface area contributed by atoms with Crippen LogP contribution < -0.4 is 0 Å². The average Bonchev–Trinajstić information content (AvgIpc) is 2.36. The molecule has 0 spiro atoms. The van der Waals surface area contributed by atoms with Gasteiger partial charge in [-0.15, -0.1) is 0 Å². The highest BCUT2D eigenvalue weighted by Crippen LogP contribution is 2.27. The van der Waals surface area contributed by atoms with E-state index in [1.165, 1.54) is 0 Å². The molecule has 0 unspecified atom stereocenters.